The lowest BCUT2D eigenvalue weighted by Crippen LogP contribution is -2.23. The first-order valence-corrected chi connectivity index (χ1v) is 10.2. The fourth-order valence-corrected chi connectivity index (χ4v) is 4.72. The first-order valence-electron chi connectivity index (χ1n) is 8.36. The Balaban J connectivity index is 1.61. The molecule has 9 heteroatoms. The summed E-state index contributed by atoms with van der Waals surface area (Å²) in [4.78, 5) is 24.5. The van der Waals surface area contributed by atoms with Crippen molar-refractivity contribution in [3.8, 4) is 0 Å². The normalized spacial score (nSPS) is 19.4. The number of aromatic nitrogens is 2. The number of fused-ring (bicyclic) bond motifs is 1. The minimum atomic E-state index is -0.896. The van der Waals surface area contributed by atoms with Crippen molar-refractivity contribution in [3.05, 3.63) is 40.6 Å². The summed E-state index contributed by atoms with van der Waals surface area (Å²) in [6.45, 7) is 3.65. The van der Waals surface area contributed by atoms with Crippen molar-refractivity contribution in [1.82, 2.24) is 10.2 Å². The van der Waals surface area contributed by atoms with Crippen LogP contribution in [0.4, 0.5) is 0 Å². The highest BCUT2D eigenvalue weighted by atomic mass is 32.2. The molecule has 140 valence electrons. The molecule has 1 fully saturated rings. The number of para-hydroxylation sites is 1. The Hall–Kier alpha value is -2.39. The number of cyclic esters (lactones) is 1. The van der Waals surface area contributed by atoms with Gasteiger partial charge in [-0.15, -0.1) is 10.2 Å². The number of furan rings is 1. The predicted octanol–water partition coefficient (Wildman–Crippen LogP) is 3.75. The summed E-state index contributed by atoms with van der Waals surface area (Å²) in [5, 5.41) is 9.81. The Morgan fingerprint density at radius 2 is 2.19 bits per heavy atom. The van der Waals surface area contributed by atoms with Crippen LogP contribution in [0.3, 0.4) is 0 Å². The maximum atomic E-state index is 12.7. The van der Waals surface area contributed by atoms with Crippen molar-refractivity contribution in [3.63, 3.8) is 0 Å². The van der Waals surface area contributed by atoms with Gasteiger partial charge < -0.3 is 13.9 Å². The van der Waals surface area contributed by atoms with E-state index in [1.54, 1.807) is 13.0 Å². The van der Waals surface area contributed by atoms with E-state index in [-0.39, 0.29) is 11.9 Å². The maximum Gasteiger partial charge on any atom is 0.375 e. The number of ether oxygens (including phenoxy) is 2. The Kier molecular flexibility index (Phi) is 4.88. The van der Waals surface area contributed by atoms with Crippen LogP contribution in [0.15, 0.2) is 33.0 Å². The Labute approximate surface area is 163 Å². The Bertz CT molecular complexity index is 1010. The SMILES string of the molecule is Cc1nnc(SCc2c(C(=O)O[C@H]3C[C@@H](C)OC3=O)oc3ccccc23)s1. The largest absolute Gasteiger partial charge is 0.460 e. The van der Waals surface area contributed by atoms with Crippen LogP contribution in [0.5, 0.6) is 0 Å². The van der Waals surface area contributed by atoms with Crippen LogP contribution in [0.25, 0.3) is 11.0 Å². The van der Waals surface area contributed by atoms with Gasteiger partial charge in [-0.25, -0.2) is 9.59 Å². The van der Waals surface area contributed by atoms with Crippen LogP contribution >= 0.6 is 23.1 Å². The van der Waals surface area contributed by atoms with Gasteiger partial charge in [-0.3, -0.25) is 0 Å². The van der Waals surface area contributed by atoms with E-state index in [4.69, 9.17) is 13.9 Å². The quantitative estimate of drug-likeness (QED) is 0.469. The zero-order valence-electron chi connectivity index (χ0n) is 14.6. The molecule has 0 radical (unpaired) electrons. The second kappa shape index (κ2) is 7.32. The Morgan fingerprint density at radius 1 is 1.37 bits per heavy atom. The molecule has 2 atom stereocenters. The monoisotopic (exact) mass is 404 g/mol. The van der Waals surface area contributed by atoms with Crippen LogP contribution in [-0.4, -0.2) is 34.3 Å². The standard InChI is InChI=1S/C18H16N2O5S2/c1-9-7-14(16(21)23-9)25-17(22)15-12(8-26-18-20-19-10(2)27-18)11-5-3-4-6-13(11)24-15/h3-6,9,14H,7-8H2,1-2H3/t9-,14+/m1/s1. The molecule has 0 unspecified atom stereocenters. The highest BCUT2D eigenvalue weighted by molar-refractivity contribution is 8.00. The number of carbonyl (C=O) groups excluding carboxylic acids is 2. The molecule has 3 aromatic rings. The summed E-state index contributed by atoms with van der Waals surface area (Å²) in [6, 6.07) is 7.40. The van der Waals surface area contributed by atoms with Crippen molar-refractivity contribution in [2.45, 2.75) is 42.6 Å². The summed E-state index contributed by atoms with van der Waals surface area (Å²) in [6.07, 6.45) is -0.812. The second-order valence-electron chi connectivity index (χ2n) is 6.16. The van der Waals surface area contributed by atoms with Crippen molar-refractivity contribution in [2.24, 2.45) is 0 Å². The first-order chi connectivity index (χ1) is 13.0. The van der Waals surface area contributed by atoms with Crippen molar-refractivity contribution in [1.29, 1.82) is 0 Å². The molecule has 0 bridgehead atoms. The lowest BCUT2D eigenvalue weighted by Gasteiger charge is -2.07. The van der Waals surface area contributed by atoms with Crippen LogP contribution in [-0.2, 0) is 20.0 Å². The second-order valence-corrected chi connectivity index (χ2v) is 8.56. The van der Waals surface area contributed by atoms with Gasteiger partial charge in [-0.05, 0) is 19.9 Å². The number of benzene rings is 1. The van der Waals surface area contributed by atoms with Crippen LogP contribution in [0.2, 0.25) is 0 Å². The summed E-state index contributed by atoms with van der Waals surface area (Å²) in [5.41, 5.74) is 1.31. The minimum Gasteiger partial charge on any atom is -0.460 e. The van der Waals surface area contributed by atoms with Gasteiger partial charge in [0.2, 0.25) is 11.9 Å². The molecule has 0 saturated carbocycles. The summed E-state index contributed by atoms with van der Waals surface area (Å²) in [7, 11) is 0. The molecular weight excluding hydrogens is 388 g/mol. The fraction of sp³-hybridized carbons (Fsp3) is 0.333. The molecule has 0 spiro atoms. The van der Waals surface area contributed by atoms with E-state index >= 15 is 0 Å². The molecule has 0 N–H and O–H groups in total. The van der Waals surface area contributed by atoms with E-state index in [9.17, 15) is 9.59 Å². The Morgan fingerprint density at radius 3 is 2.89 bits per heavy atom. The third-order valence-corrected chi connectivity index (χ3v) is 6.11. The van der Waals surface area contributed by atoms with Crippen molar-refractivity contribution in [2.75, 3.05) is 0 Å². The van der Waals surface area contributed by atoms with E-state index in [1.165, 1.54) is 23.1 Å². The van der Waals surface area contributed by atoms with E-state index < -0.39 is 18.0 Å². The molecular formula is C18H16N2O5S2. The van der Waals surface area contributed by atoms with Crippen molar-refractivity contribution < 1.29 is 23.5 Å². The van der Waals surface area contributed by atoms with Crippen LogP contribution < -0.4 is 0 Å². The average molecular weight is 404 g/mol. The van der Waals surface area contributed by atoms with E-state index in [2.05, 4.69) is 10.2 Å². The molecule has 7 nitrogen and oxygen atoms in total. The van der Waals surface area contributed by atoms with Gasteiger partial charge >= 0.3 is 11.9 Å². The number of aryl methyl sites for hydroxylation is 1. The van der Waals surface area contributed by atoms with Gasteiger partial charge in [-0.2, -0.15) is 0 Å². The number of esters is 2. The molecule has 1 aromatic carbocycles. The topological polar surface area (TPSA) is 91.5 Å². The highest BCUT2D eigenvalue weighted by Crippen LogP contribution is 2.34. The summed E-state index contributed by atoms with van der Waals surface area (Å²) < 4.78 is 17.0. The van der Waals surface area contributed by atoms with Gasteiger partial charge in [0.05, 0.1) is 0 Å². The van der Waals surface area contributed by atoms with Gasteiger partial charge in [0.15, 0.2) is 4.34 Å². The maximum absolute atomic E-state index is 12.7. The number of hydrogen-bond donors (Lipinski definition) is 0. The number of nitrogens with zero attached hydrogens (tertiary/aromatic N) is 2. The van der Waals surface area contributed by atoms with Gasteiger partial charge in [0, 0.05) is 23.1 Å². The van der Waals surface area contributed by atoms with E-state index in [0.717, 1.165) is 14.7 Å². The van der Waals surface area contributed by atoms with Gasteiger partial charge in [-0.1, -0.05) is 41.3 Å². The lowest BCUT2D eigenvalue weighted by atomic mass is 10.1. The number of carbonyl (C=O) groups is 2. The first kappa shape index (κ1) is 18.0. The average Bonchev–Trinajstić information content (AvgIpc) is 3.30. The fourth-order valence-electron chi connectivity index (χ4n) is 2.88. The summed E-state index contributed by atoms with van der Waals surface area (Å²) >= 11 is 2.96. The number of hydrogen-bond acceptors (Lipinski definition) is 9. The molecule has 27 heavy (non-hydrogen) atoms. The highest BCUT2D eigenvalue weighted by Gasteiger charge is 2.36. The molecule has 1 aliphatic rings. The zero-order chi connectivity index (χ0) is 19.0. The molecule has 1 aliphatic heterocycles. The number of thioether (sulfide) groups is 1. The summed E-state index contributed by atoms with van der Waals surface area (Å²) in [5.74, 6) is -0.600. The molecule has 3 heterocycles. The molecule has 0 aliphatic carbocycles. The van der Waals surface area contributed by atoms with Crippen LogP contribution in [0, 0.1) is 6.92 Å². The predicted molar refractivity (Wildman–Crippen MR) is 99.8 cm³/mol. The van der Waals surface area contributed by atoms with E-state index in [1.807, 2.05) is 25.1 Å². The van der Waals surface area contributed by atoms with Gasteiger partial charge in [0.1, 0.15) is 16.7 Å². The minimum absolute atomic E-state index is 0.109. The molecule has 4 rings (SSSR count). The van der Waals surface area contributed by atoms with Crippen LogP contribution in [0.1, 0.15) is 34.5 Å². The molecule has 2 aromatic heterocycles. The van der Waals surface area contributed by atoms with Gasteiger partial charge in [0.25, 0.3) is 0 Å². The number of rotatable bonds is 5. The zero-order valence-corrected chi connectivity index (χ0v) is 16.3. The smallest absolute Gasteiger partial charge is 0.375 e. The van der Waals surface area contributed by atoms with Crippen molar-refractivity contribution >= 4 is 46.0 Å². The molecule has 1 saturated heterocycles. The molecule has 0 amide bonds. The third-order valence-electron chi connectivity index (χ3n) is 4.11. The lowest BCUT2D eigenvalue weighted by molar-refractivity contribution is -0.147. The third kappa shape index (κ3) is 3.70. The van der Waals surface area contributed by atoms with E-state index in [0.29, 0.717) is 23.3 Å².